The minimum atomic E-state index is -0.285. The number of nitrogens with one attached hydrogen (secondary N) is 1. The number of ether oxygens (including phenoxy) is 3. The molecule has 0 bridgehead atoms. The predicted molar refractivity (Wildman–Crippen MR) is 84.1 cm³/mol. The third-order valence-corrected chi connectivity index (χ3v) is 3.16. The van der Waals surface area contributed by atoms with Gasteiger partial charge in [-0.05, 0) is 18.2 Å². The van der Waals surface area contributed by atoms with Crippen molar-refractivity contribution >= 4 is 5.69 Å². The maximum Gasteiger partial charge on any atom is 0.166 e. The molecule has 0 aliphatic rings. The molecule has 0 amide bonds. The van der Waals surface area contributed by atoms with Crippen LogP contribution in [0.1, 0.15) is 5.56 Å². The predicted octanol–water partition coefficient (Wildman–Crippen LogP) is 3.47. The van der Waals surface area contributed by atoms with Crippen LogP contribution in [0, 0.1) is 5.82 Å². The third-order valence-electron chi connectivity index (χ3n) is 3.16. The highest BCUT2D eigenvalue weighted by Crippen LogP contribution is 2.31. The highest BCUT2D eigenvalue weighted by atomic mass is 19.1. The van der Waals surface area contributed by atoms with E-state index in [1.54, 1.807) is 32.4 Å². The monoisotopic (exact) mass is 305 g/mol. The fraction of sp³-hybridized carbons (Fsp3) is 0.294. The standard InChI is InChI=1S/C17H20FNO3/c1-20-10-11-22-17-13(6-5-9-16(17)21-2)12-19-15-8-4-3-7-14(15)18/h3-9,19H,10-12H2,1-2H3. The van der Waals surface area contributed by atoms with Crippen LogP contribution in [0.2, 0.25) is 0 Å². The van der Waals surface area contributed by atoms with Gasteiger partial charge in [0.05, 0.1) is 19.4 Å². The van der Waals surface area contributed by atoms with Gasteiger partial charge in [0.2, 0.25) is 0 Å². The third kappa shape index (κ3) is 4.11. The minimum absolute atomic E-state index is 0.285. The Morgan fingerprint density at radius 2 is 1.82 bits per heavy atom. The summed E-state index contributed by atoms with van der Waals surface area (Å²) in [7, 11) is 3.21. The Labute approximate surface area is 129 Å². The van der Waals surface area contributed by atoms with Crippen molar-refractivity contribution in [1.82, 2.24) is 0 Å². The SMILES string of the molecule is COCCOc1c(CNc2ccccc2F)cccc1OC. The van der Waals surface area contributed by atoms with Crippen molar-refractivity contribution in [2.45, 2.75) is 6.54 Å². The molecule has 4 nitrogen and oxygen atoms in total. The average molecular weight is 305 g/mol. The maximum absolute atomic E-state index is 13.7. The van der Waals surface area contributed by atoms with Crippen LogP contribution >= 0.6 is 0 Å². The molecule has 0 unspecified atom stereocenters. The molecule has 5 heteroatoms. The lowest BCUT2D eigenvalue weighted by Gasteiger charge is -2.16. The number of hydrogen-bond donors (Lipinski definition) is 1. The summed E-state index contributed by atoms with van der Waals surface area (Å²) in [5.41, 5.74) is 1.34. The van der Waals surface area contributed by atoms with Gasteiger partial charge >= 0.3 is 0 Å². The summed E-state index contributed by atoms with van der Waals surface area (Å²) < 4.78 is 29.7. The first-order valence-corrected chi connectivity index (χ1v) is 7.02. The van der Waals surface area contributed by atoms with E-state index in [9.17, 15) is 4.39 Å². The lowest BCUT2D eigenvalue weighted by Crippen LogP contribution is -2.09. The van der Waals surface area contributed by atoms with Gasteiger partial charge in [0.1, 0.15) is 12.4 Å². The molecular formula is C17H20FNO3. The zero-order valence-corrected chi connectivity index (χ0v) is 12.8. The summed E-state index contributed by atoms with van der Waals surface area (Å²) >= 11 is 0. The first-order valence-electron chi connectivity index (χ1n) is 7.02. The fourth-order valence-electron chi connectivity index (χ4n) is 2.05. The molecule has 0 fully saturated rings. The largest absolute Gasteiger partial charge is 0.493 e. The zero-order valence-electron chi connectivity index (χ0n) is 12.8. The number of anilines is 1. The second-order valence-electron chi connectivity index (χ2n) is 4.62. The molecule has 1 N–H and O–H groups in total. The number of rotatable bonds is 8. The summed E-state index contributed by atoms with van der Waals surface area (Å²) in [6.45, 7) is 1.34. The molecule has 118 valence electrons. The zero-order chi connectivity index (χ0) is 15.8. The van der Waals surface area contributed by atoms with E-state index in [4.69, 9.17) is 14.2 Å². The van der Waals surface area contributed by atoms with Gasteiger partial charge in [-0.1, -0.05) is 24.3 Å². The van der Waals surface area contributed by atoms with Crippen molar-refractivity contribution in [3.8, 4) is 11.5 Å². The highest BCUT2D eigenvalue weighted by molar-refractivity contribution is 5.50. The number of benzene rings is 2. The van der Waals surface area contributed by atoms with Crippen molar-refractivity contribution in [3.63, 3.8) is 0 Å². The Bertz CT molecular complexity index is 604. The number of para-hydroxylation sites is 2. The Balaban J connectivity index is 2.13. The van der Waals surface area contributed by atoms with Crippen LogP contribution in [-0.4, -0.2) is 27.4 Å². The quantitative estimate of drug-likeness (QED) is 0.758. The molecule has 0 radical (unpaired) electrons. The molecule has 0 heterocycles. The van der Waals surface area contributed by atoms with Gasteiger partial charge in [-0.2, -0.15) is 0 Å². The second-order valence-corrected chi connectivity index (χ2v) is 4.62. The Kier molecular flexibility index (Phi) is 6.03. The van der Waals surface area contributed by atoms with Crippen molar-refractivity contribution in [2.24, 2.45) is 0 Å². The number of methoxy groups -OCH3 is 2. The van der Waals surface area contributed by atoms with Gasteiger partial charge in [-0.15, -0.1) is 0 Å². The Morgan fingerprint density at radius 3 is 2.55 bits per heavy atom. The molecule has 0 aliphatic heterocycles. The summed E-state index contributed by atoms with van der Waals surface area (Å²) in [4.78, 5) is 0. The molecule has 2 rings (SSSR count). The van der Waals surface area contributed by atoms with Gasteiger partial charge < -0.3 is 19.5 Å². The summed E-state index contributed by atoms with van der Waals surface area (Å²) in [6.07, 6.45) is 0. The molecule has 2 aromatic carbocycles. The maximum atomic E-state index is 13.7. The Morgan fingerprint density at radius 1 is 1.00 bits per heavy atom. The molecule has 2 aromatic rings. The Hall–Kier alpha value is -2.27. The average Bonchev–Trinajstić information content (AvgIpc) is 2.55. The molecule has 0 aliphatic carbocycles. The van der Waals surface area contributed by atoms with Crippen molar-refractivity contribution < 1.29 is 18.6 Å². The normalized spacial score (nSPS) is 10.3. The minimum Gasteiger partial charge on any atom is -0.493 e. The summed E-state index contributed by atoms with van der Waals surface area (Å²) in [5.74, 6) is 1.00. The van der Waals surface area contributed by atoms with E-state index in [-0.39, 0.29) is 5.82 Å². The van der Waals surface area contributed by atoms with Gasteiger partial charge in [-0.3, -0.25) is 0 Å². The van der Waals surface area contributed by atoms with Gasteiger partial charge in [0.25, 0.3) is 0 Å². The summed E-state index contributed by atoms with van der Waals surface area (Å²) in [6, 6.07) is 12.2. The topological polar surface area (TPSA) is 39.7 Å². The first kappa shape index (κ1) is 16.1. The van der Waals surface area contributed by atoms with E-state index in [0.717, 1.165) is 5.56 Å². The van der Waals surface area contributed by atoms with Crippen molar-refractivity contribution in [3.05, 3.63) is 53.8 Å². The van der Waals surface area contributed by atoms with Gasteiger partial charge in [0.15, 0.2) is 11.5 Å². The van der Waals surface area contributed by atoms with Crippen LogP contribution in [-0.2, 0) is 11.3 Å². The molecule has 0 saturated heterocycles. The van der Waals surface area contributed by atoms with E-state index in [1.807, 2.05) is 18.2 Å². The van der Waals surface area contributed by atoms with E-state index >= 15 is 0 Å². The fourth-order valence-corrected chi connectivity index (χ4v) is 2.05. The van der Waals surface area contributed by atoms with Crippen molar-refractivity contribution in [1.29, 1.82) is 0 Å². The number of hydrogen-bond acceptors (Lipinski definition) is 4. The smallest absolute Gasteiger partial charge is 0.166 e. The van der Waals surface area contributed by atoms with Crippen molar-refractivity contribution in [2.75, 3.05) is 32.8 Å². The van der Waals surface area contributed by atoms with Crippen LogP contribution in [0.3, 0.4) is 0 Å². The lowest BCUT2D eigenvalue weighted by molar-refractivity contribution is 0.143. The van der Waals surface area contributed by atoms with Crippen LogP contribution in [0.15, 0.2) is 42.5 Å². The molecule has 22 heavy (non-hydrogen) atoms. The second kappa shape index (κ2) is 8.24. The van der Waals surface area contributed by atoms with Crippen LogP contribution < -0.4 is 14.8 Å². The van der Waals surface area contributed by atoms with Crippen LogP contribution in [0.4, 0.5) is 10.1 Å². The molecule has 0 atom stereocenters. The lowest BCUT2D eigenvalue weighted by atomic mass is 10.1. The summed E-state index contributed by atoms with van der Waals surface area (Å²) in [5, 5.41) is 3.07. The van der Waals surface area contributed by atoms with Gasteiger partial charge in [0, 0.05) is 19.2 Å². The van der Waals surface area contributed by atoms with Crippen LogP contribution in [0.5, 0.6) is 11.5 Å². The van der Waals surface area contributed by atoms with Gasteiger partial charge in [-0.25, -0.2) is 4.39 Å². The molecule has 0 saturated carbocycles. The molecule has 0 spiro atoms. The van der Waals surface area contributed by atoms with E-state index in [2.05, 4.69) is 5.32 Å². The van der Waals surface area contributed by atoms with E-state index in [1.165, 1.54) is 6.07 Å². The molecular weight excluding hydrogens is 285 g/mol. The first-order chi connectivity index (χ1) is 10.8. The van der Waals surface area contributed by atoms with Crippen LogP contribution in [0.25, 0.3) is 0 Å². The highest BCUT2D eigenvalue weighted by Gasteiger charge is 2.11. The number of halogens is 1. The molecule has 0 aromatic heterocycles. The van der Waals surface area contributed by atoms with E-state index in [0.29, 0.717) is 36.9 Å². The van der Waals surface area contributed by atoms with E-state index < -0.39 is 0 Å².